The average Bonchev–Trinajstić information content (AvgIpc) is 2.50. The number of amides is 1. The summed E-state index contributed by atoms with van der Waals surface area (Å²) in [5, 5.41) is 4.45. The van der Waals surface area contributed by atoms with Gasteiger partial charge in [-0.2, -0.15) is 0 Å². The van der Waals surface area contributed by atoms with Crippen LogP contribution in [0.3, 0.4) is 0 Å². The lowest BCUT2D eigenvalue weighted by Gasteiger charge is -2.05. The highest BCUT2D eigenvalue weighted by Crippen LogP contribution is 2.22. The number of aromatic nitrogens is 1. The van der Waals surface area contributed by atoms with Gasteiger partial charge in [-0.15, -0.1) is 0 Å². The minimum atomic E-state index is -0.158. The zero-order chi connectivity index (χ0) is 11.4. The van der Waals surface area contributed by atoms with Crippen LogP contribution in [0.15, 0.2) is 12.4 Å². The zero-order valence-electron chi connectivity index (χ0n) is 8.52. The number of hydrogen-bond donors (Lipinski definition) is 3. The lowest BCUT2D eigenvalue weighted by atomic mass is 10.4. The molecule has 0 spiro atoms. The summed E-state index contributed by atoms with van der Waals surface area (Å²) in [5.41, 5.74) is 6.25. The minimum Gasteiger partial charge on any atom is -0.396 e. The van der Waals surface area contributed by atoms with Crippen molar-refractivity contribution in [2.75, 3.05) is 12.4 Å². The van der Waals surface area contributed by atoms with Crippen LogP contribution < -0.4 is 16.9 Å². The van der Waals surface area contributed by atoms with Gasteiger partial charge in [-0.1, -0.05) is 11.3 Å². The molecule has 0 bridgehead atoms. The van der Waals surface area contributed by atoms with E-state index in [0.717, 1.165) is 4.88 Å². The van der Waals surface area contributed by atoms with Crippen LogP contribution in [0.4, 0.5) is 5.13 Å². The summed E-state index contributed by atoms with van der Waals surface area (Å²) in [6.45, 7) is 1.42. The van der Waals surface area contributed by atoms with Gasteiger partial charge in [0.2, 0.25) is 5.91 Å². The highest BCUT2D eigenvalue weighted by atomic mass is 32.1. The van der Waals surface area contributed by atoms with Gasteiger partial charge in [-0.05, 0) is 0 Å². The molecular formula is C8H13N5OS. The molecule has 0 radical (unpaired) electrons. The van der Waals surface area contributed by atoms with Crippen LogP contribution in [0.5, 0.6) is 0 Å². The highest BCUT2D eigenvalue weighted by Gasteiger charge is 2.05. The maximum absolute atomic E-state index is 10.8. The fourth-order valence-corrected chi connectivity index (χ4v) is 1.68. The first-order chi connectivity index (χ1) is 6.99. The number of anilines is 1. The first kappa shape index (κ1) is 11.5. The number of carbonyl (C=O) groups is 1. The maximum atomic E-state index is 10.8. The largest absolute Gasteiger partial charge is 0.396 e. The molecule has 0 aliphatic carbocycles. The van der Waals surface area contributed by atoms with Crippen molar-refractivity contribution in [3.05, 3.63) is 17.3 Å². The summed E-state index contributed by atoms with van der Waals surface area (Å²) in [6.07, 6.45) is 3.16. The molecule has 0 aromatic carbocycles. The van der Waals surface area contributed by atoms with Crippen molar-refractivity contribution < 1.29 is 4.79 Å². The Bertz CT molecular complexity index is 384. The molecule has 0 saturated heterocycles. The van der Waals surface area contributed by atoms with E-state index in [1.54, 1.807) is 19.4 Å². The van der Waals surface area contributed by atoms with Gasteiger partial charge in [0, 0.05) is 26.4 Å². The number of carbonyl (C=O) groups excluding carboxylic acids is 1. The monoisotopic (exact) mass is 227 g/mol. The third-order valence-corrected chi connectivity index (χ3v) is 2.38. The van der Waals surface area contributed by atoms with Gasteiger partial charge in [0.05, 0.1) is 10.6 Å². The summed E-state index contributed by atoms with van der Waals surface area (Å²) in [6, 6.07) is 0. The standard InChI is InChI=1S/C8H13N5OS/c1-5(14)12-8-11-3-7(15-8)6(9)4-13(2)10/h3-4H,9-10H2,1-2H3,(H,11,12,14)/b6-4-. The molecule has 5 N–H and O–H groups in total. The smallest absolute Gasteiger partial charge is 0.223 e. The SMILES string of the molecule is CC(=O)Nc1ncc(/C(N)=C/N(C)N)s1. The molecule has 0 saturated carbocycles. The third-order valence-electron chi connectivity index (χ3n) is 1.42. The highest BCUT2D eigenvalue weighted by molar-refractivity contribution is 7.16. The first-order valence-electron chi connectivity index (χ1n) is 4.17. The Morgan fingerprint density at radius 2 is 2.40 bits per heavy atom. The van der Waals surface area contributed by atoms with Crippen molar-refractivity contribution in [2.45, 2.75) is 6.92 Å². The van der Waals surface area contributed by atoms with E-state index >= 15 is 0 Å². The second-order valence-electron chi connectivity index (χ2n) is 2.96. The van der Waals surface area contributed by atoms with E-state index in [9.17, 15) is 4.79 Å². The second kappa shape index (κ2) is 4.76. The molecule has 1 heterocycles. The Kier molecular flexibility index (Phi) is 3.64. The molecule has 0 atom stereocenters. The fraction of sp³-hybridized carbons (Fsp3) is 0.250. The first-order valence-corrected chi connectivity index (χ1v) is 4.99. The molecule has 1 aromatic heterocycles. The van der Waals surface area contributed by atoms with Crippen LogP contribution in [-0.4, -0.2) is 22.9 Å². The van der Waals surface area contributed by atoms with E-state index in [4.69, 9.17) is 11.6 Å². The average molecular weight is 227 g/mol. The number of hydrogen-bond acceptors (Lipinski definition) is 6. The predicted octanol–water partition coefficient (Wildman–Crippen LogP) is 0.164. The third kappa shape index (κ3) is 3.56. The van der Waals surface area contributed by atoms with Gasteiger partial charge in [-0.3, -0.25) is 4.79 Å². The normalized spacial score (nSPS) is 11.3. The van der Waals surface area contributed by atoms with Crippen molar-refractivity contribution in [3.63, 3.8) is 0 Å². The summed E-state index contributed by atoms with van der Waals surface area (Å²) in [4.78, 5) is 15.5. The van der Waals surface area contributed by atoms with Crippen LogP contribution >= 0.6 is 11.3 Å². The van der Waals surface area contributed by atoms with Crippen LogP contribution in [-0.2, 0) is 4.79 Å². The Morgan fingerprint density at radius 3 is 2.93 bits per heavy atom. The molecule has 0 unspecified atom stereocenters. The van der Waals surface area contributed by atoms with E-state index in [-0.39, 0.29) is 5.91 Å². The molecule has 0 aliphatic heterocycles. The summed E-state index contributed by atoms with van der Waals surface area (Å²) in [7, 11) is 1.67. The number of nitrogens with zero attached hydrogens (tertiary/aromatic N) is 2. The van der Waals surface area contributed by atoms with Gasteiger partial charge in [0.25, 0.3) is 0 Å². The van der Waals surface area contributed by atoms with Crippen LogP contribution in [0.25, 0.3) is 5.70 Å². The van der Waals surface area contributed by atoms with Crippen molar-refractivity contribution in [3.8, 4) is 0 Å². The molecule has 1 rings (SSSR count). The van der Waals surface area contributed by atoms with E-state index in [1.807, 2.05) is 0 Å². The van der Waals surface area contributed by atoms with Crippen molar-refractivity contribution >= 4 is 28.1 Å². The number of nitrogens with one attached hydrogen (secondary N) is 1. The van der Waals surface area contributed by atoms with Crippen LogP contribution in [0, 0.1) is 0 Å². The Labute approximate surface area is 91.5 Å². The molecule has 0 aliphatic rings. The Balaban J connectivity index is 2.79. The van der Waals surface area contributed by atoms with Crippen LogP contribution in [0.1, 0.15) is 11.8 Å². The molecule has 1 aromatic rings. The van der Waals surface area contributed by atoms with Gasteiger partial charge in [-0.25, -0.2) is 10.8 Å². The van der Waals surface area contributed by atoms with Crippen molar-refractivity contribution in [1.29, 1.82) is 0 Å². The van der Waals surface area contributed by atoms with Gasteiger partial charge >= 0.3 is 0 Å². The molecular weight excluding hydrogens is 214 g/mol. The lowest BCUT2D eigenvalue weighted by molar-refractivity contribution is -0.114. The summed E-state index contributed by atoms with van der Waals surface area (Å²) in [5.74, 6) is 5.25. The second-order valence-corrected chi connectivity index (χ2v) is 3.99. The number of thiazole rings is 1. The number of nitrogens with two attached hydrogens (primary N) is 2. The Morgan fingerprint density at radius 1 is 1.73 bits per heavy atom. The summed E-state index contributed by atoms with van der Waals surface area (Å²) < 4.78 is 0. The minimum absolute atomic E-state index is 0.158. The topological polar surface area (TPSA) is 97.3 Å². The van der Waals surface area contributed by atoms with Crippen molar-refractivity contribution in [2.24, 2.45) is 11.6 Å². The van der Waals surface area contributed by atoms with Gasteiger partial charge in [0.1, 0.15) is 0 Å². The van der Waals surface area contributed by atoms with Gasteiger partial charge < -0.3 is 16.1 Å². The molecule has 1 amide bonds. The zero-order valence-corrected chi connectivity index (χ0v) is 9.34. The molecule has 7 heteroatoms. The van der Waals surface area contributed by atoms with E-state index in [0.29, 0.717) is 10.8 Å². The van der Waals surface area contributed by atoms with Crippen LogP contribution in [0.2, 0.25) is 0 Å². The molecule has 15 heavy (non-hydrogen) atoms. The van der Waals surface area contributed by atoms with E-state index in [2.05, 4.69) is 10.3 Å². The van der Waals surface area contributed by atoms with Crippen molar-refractivity contribution in [1.82, 2.24) is 9.99 Å². The predicted molar refractivity (Wildman–Crippen MR) is 60.5 cm³/mol. The number of hydrazine groups is 1. The van der Waals surface area contributed by atoms with Gasteiger partial charge in [0.15, 0.2) is 5.13 Å². The molecule has 82 valence electrons. The molecule has 6 nitrogen and oxygen atoms in total. The Hall–Kier alpha value is -1.60. The fourth-order valence-electron chi connectivity index (χ4n) is 0.899. The van der Waals surface area contributed by atoms with E-state index in [1.165, 1.54) is 23.3 Å². The molecule has 0 fully saturated rings. The quantitative estimate of drug-likeness (QED) is 0.505. The number of rotatable bonds is 3. The summed E-state index contributed by atoms with van der Waals surface area (Å²) >= 11 is 1.29. The maximum Gasteiger partial charge on any atom is 0.223 e. The lowest BCUT2D eigenvalue weighted by Crippen LogP contribution is -2.20. The van der Waals surface area contributed by atoms with E-state index < -0.39 is 0 Å².